The zero-order valence-corrected chi connectivity index (χ0v) is 5.70. The van der Waals surface area contributed by atoms with E-state index in [0.29, 0.717) is 6.67 Å². The predicted octanol–water partition coefficient (Wildman–Crippen LogP) is -1.11. The van der Waals surface area contributed by atoms with E-state index in [1.165, 1.54) is 0 Å². The third kappa shape index (κ3) is 6.03. The summed E-state index contributed by atoms with van der Waals surface area (Å²) in [6.07, 6.45) is 0. The standard InChI is InChI=1S/C3H10N2O2S/c1-5(2)3-4-8(6)7/h4H,3H2,1-2H3,(H,6,7)/p-1. The van der Waals surface area contributed by atoms with Crippen molar-refractivity contribution in [1.82, 2.24) is 9.62 Å². The minimum absolute atomic E-state index is 0.357. The van der Waals surface area contributed by atoms with E-state index in [1.807, 2.05) is 0 Å². The normalized spacial score (nSPS) is 14.5. The minimum Gasteiger partial charge on any atom is -0.760 e. The first-order valence-electron chi connectivity index (χ1n) is 2.10. The van der Waals surface area contributed by atoms with Gasteiger partial charge in [-0.2, -0.15) is 0 Å². The highest BCUT2D eigenvalue weighted by atomic mass is 32.2. The van der Waals surface area contributed by atoms with Gasteiger partial charge in [-0.3, -0.25) is 9.11 Å². The van der Waals surface area contributed by atoms with Gasteiger partial charge in [0.15, 0.2) is 0 Å². The van der Waals surface area contributed by atoms with Crippen LogP contribution in [-0.2, 0) is 11.3 Å². The van der Waals surface area contributed by atoms with E-state index < -0.39 is 11.3 Å². The molecule has 50 valence electrons. The van der Waals surface area contributed by atoms with Crippen molar-refractivity contribution in [3.05, 3.63) is 0 Å². The number of hydrogen-bond acceptors (Lipinski definition) is 3. The molecule has 0 bridgehead atoms. The lowest BCUT2D eigenvalue weighted by Crippen LogP contribution is -2.29. The summed E-state index contributed by atoms with van der Waals surface area (Å²) >= 11 is -2.13. The molecule has 0 heterocycles. The molecule has 0 aliphatic rings. The Morgan fingerprint density at radius 1 is 1.75 bits per heavy atom. The Morgan fingerprint density at radius 3 is 2.38 bits per heavy atom. The largest absolute Gasteiger partial charge is 0.760 e. The highest BCUT2D eigenvalue weighted by molar-refractivity contribution is 7.77. The van der Waals surface area contributed by atoms with Crippen molar-refractivity contribution in [3.8, 4) is 0 Å². The molecule has 0 fully saturated rings. The summed E-state index contributed by atoms with van der Waals surface area (Å²) < 4.78 is 21.7. The monoisotopic (exact) mass is 137 g/mol. The van der Waals surface area contributed by atoms with Crippen LogP contribution in [0, 0.1) is 0 Å². The molecule has 0 aromatic rings. The van der Waals surface area contributed by atoms with Gasteiger partial charge < -0.3 is 4.55 Å². The van der Waals surface area contributed by atoms with E-state index in [2.05, 4.69) is 4.72 Å². The Labute approximate surface area is 51.3 Å². The quantitative estimate of drug-likeness (QED) is 0.396. The molecule has 0 saturated carbocycles. The van der Waals surface area contributed by atoms with Crippen LogP contribution < -0.4 is 4.72 Å². The zero-order chi connectivity index (χ0) is 6.57. The predicted molar refractivity (Wildman–Crippen MR) is 30.6 cm³/mol. The van der Waals surface area contributed by atoms with Gasteiger partial charge in [0.2, 0.25) is 0 Å². The van der Waals surface area contributed by atoms with Crippen LogP contribution >= 0.6 is 0 Å². The highest BCUT2D eigenvalue weighted by Crippen LogP contribution is 1.67. The molecule has 1 unspecified atom stereocenters. The van der Waals surface area contributed by atoms with Crippen molar-refractivity contribution in [1.29, 1.82) is 0 Å². The van der Waals surface area contributed by atoms with E-state index >= 15 is 0 Å². The molecule has 0 saturated heterocycles. The number of hydrogen-bond donors (Lipinski definition) is 1. The molecule has 0 aromatic carbocycles. The van der Waals surface area contributed by atoms with Gasteiger partial charge in [0.05, 0.1) is 6.67 Å². The smallest absolute Gasteiger partial charge is 0.0584 e. The number of rotatable bonds is 3. The topological polar surface area (TPSA) is 55.4 Å². The maximum Gasteiger partial charge on any atom is 0.0584 e. The average Bonchev–Trinajstić information content (AvgIpc) is 1.61. The van der Waals surface area contributed by atoms with Crippen molar-refractivity contribution < 1.29 is 8.76 Å². The van der Waals surface area contributed by atoms with Crippen LogP contribution in [0.2, 0.25) is 0 Å². The Balaban J connectivity index is 3.05. The van der Waals surface area contributed by atoms with Gasteiger partial charge >= 0.3 is 0 Å². The van der Waals surface area contributed by atoms with Crippen LogP contribution in [0.5, 0.6) is 0 Å². The van der Waals surface area contributed by atoms with Crippen molar-refractivity contribution in [2.45, 2.75) is 0 Å². The second kappa shape index (κ2) is 3.96. The molecule has 0 aromatic heterocycles. The Hall–Kier alpha value is 0.0300. The molecule has 1 N–H and O–H groups in total. The molecule has 0 amide bonds. The van der Waals surface area contributed by atoms with Crippen LogP contribution in [0.3, 0.4) is 0 Å². The van der Waals surface area contributed by atoms with Gasteiger partial charge in [0, 0.05) is 11.3 Å². The third-order valence-corrected chi connectivity index (χ3v) is 0.863. The molecule has 0 spiro atoms. The van der Waals surface area contributed by atoms with Crippen molar-refractivity contribution in [2.24, 2.45) is 0 Å². The second-order valence-electron chi connectivity index (χ2n) is 1.62. The number of nitrogens with one attached hydrogen (secondary N) is 1. The first-order valence-corrected chi connectivity index (χ1v) is 3.18. The summed E-state index contributed by atoms with van der Waals surface area (Å²) in [7, 11) is 3.56. The summed E-state index contributed by atoms with van der Waals surface area (Å²) in [6.45, 7) is 0.357. The van der Waals surface area contributed by atoms with Gasteiger partial charge in [-0.1, -0.05) is 0 Å². The summed E-state index contributed by atoms with van der Waals surface area (Å²) in [5.41, 5.74) is 0. The fourth-order valence-electron chi connectivity index (χ4n) is 0.182. The lowest BCUT2D eigenvalue weighted by atomic mass is 10.9. The van der Waals surface area contributed by atoms with Crippen molar-refractivity contribution in [3.63, 3.8) is 0 Å². The van der Waals surface area contributed by atoms with Gasteiger partial charge in [-0.15, -0.1) is 0 Å². The maximum absolute atomic E-state index is 9.77. The fourth-order valence-corrected chi connectivity index (χ4v) is 0.545. The van der Waals surface area contributed by atoms with E-state index in [1.54, 1.807) is 19.0 Å². The van der Waals surface area contributed by atoms with Gasteiger partial charge in [-0.25, -0.2) is 4.72 Å². The lowest BCUT2D eigenvalue weighted by Gasteiger charge is -2.11. The molecule has 5 heteroatoms. The SMILES string of the molecule is CN(C)CNS(=O)[O-]. The zero-order valence-electron chi connectivity index (χ0n) is 4.88. The maximum atomic E-state index is 9.77. The number of nitrogens with zero attached hydrogens (tertiary/aromatic N) is 1. The van der Waals surface area contributed by atoms with Crippen LogP contribution in [0.25, 0.3) is 0 Å². The van der Waals surface area contributed by atoms with Crippen LogP contribution in [0.4, 0.5) is 0 Å². The third-order valence-electron chi connectivity index (χ3n) is 0.499. The molecular formula is C3H9N2O2S-. The lowest BCUT2D eigenvalue weighted by molar-refractivity contribution is 0.394. The van der Waals surface area contributed by atoms with Crippen LogP contribution in [0.15, 0.2) is 0 Å². The van der Waals surface area contributed by atoms with E-state index in [9.17, 15) is 8.76 Å². The molecule has 0 aliphatic carbocycles. The van der Waals surface area contributed by atoms with Gasteiger partial charge in [0.25, 0.3) is 0 Å². The Bertz CT molecular complexity index is 85.4. The Morgan fingerprint density at radius 2 is 2.25 bits per heavy atom. The van der Waals surface area contributed by atoms with Crippen molar-refractivity contribution >= 4 is 11.3 Å². The van der Waals surface area contributed by atoms with E-state index in [4.69, 9.17) is 0 Å². The molecule has 0 aliphatic heterocycles. The average molecular weight is 137 g/mol. The molecule has 0 rings (SSSR count). The van der Waals surface area contributed by atoms with Crippen LogP contribution in [0.1, 0.15) is 0 Å². The summed E-state index contributed by atoms with van der Waals surface area (Å²) in [4.78, 5) is 1.72. The summed E-state index contributed by atoms with van der Waals surface area (Å²) in [6, 6.07) is 0. The summed E-state index contributed by atoms with van der Waals surface area (Å²) in [5.74, 6) is 0. The molecule has 4 nitrogen and oxygen atoms in total. The summed E-state index contributed by atoms with van der Waals surface area (Å²) in [5, 5.41) is 0. The Kier molecular flexibility index (Phi) is 3.98. The minimum atomic E-state index is -2.13. The van der Waals surface area contributed by atoms with Gasteiger partial charge in [-0.05, 0) is 14.1 Å². The highest BCUT2D eigenvalue weighted by Gasteiger charge is 1.84. The first-order chi connectivity index (χ1) is 3.63. The van der Waals surface area contributed by atoms with E-state index in [0.717, 1.165) is 0 Å². The van der Waals surface area contributed by atoms with Gasteiger partial charge in [0.1, 0.15) is 0 Å². The van der Waals surface area contributed by atoms with E-state index in [-0.39, 0.29) is 0 Å². The fraction of sp³-hybridized carbons (Fsp3) is 1.00. The molecule has 1 atom stereocenters. The molecule has 0 radical (unpaired) electrons. The molecular weight excluding hydrogens is 128 g/mol. The molecule has 8 heavy (non-hydrogen) atoms. The van der Waals surface area contributed by atoms with Crippen LogP contribution in [-0.4, -0.2) is 34.4 Å². The van der Waals surface area contributed by atoms with Crippen molar-refractivity contribution in [2.75, 3.05) is 20.8 Å². The first kappa shape index (κ1) is 8.03. The second-order valence-corrected chi connectivity index (χ2v) is 2.37.